The third kappa shape index (κ3) is 2.73. The summed E-state index contributed by atoms with van der Waals surface area (Å²) >= 11 is 1.87. The Morgan fingerprint density at radius 3 is 2.75 bits per heavy atom. The molecule has 1 fully saturated rings. The first-order valence-electron chi connectivity index (χ1n) is 6.26. The lowest BCUT2D eigenvalue weighted by Gasteiger charge is -2.30. The lowest BCUT2D eigenvalue weighted by Crippen LogP contribution is -2.20. The van der Waals surface area contributed by atoms with E-state index in [2.05, 4.69) is 6.92 Å². The van der Waals surface area contributed by atoms with E-state index in [1.165, 1.54) is 32.1 Å². The number of phenolic OH excluding ortho intramolecular Hbond substituents is 1. The van der Waals surface area contributed by atoms with Gasteiger partial charge in [0.2, 0.25) is 0 Å². The molecule has 1 saturated carbocycles. The average molecular weight is 236 g/mol. The van der Waals surface area contributed by atoms with Crippen LogP contribution in [-0.2, 0) is 0 Å². The molecule has 0 heterocycles. The predicted molar refractivity (Wildman–Crippen MR) is 70.0 cm³/mol. The maximum atomic E-state index is 9.78. The van der Waals surface area contributed by atoms with Crippen molar-refractivity contribution in [2.75, 3.05) is 0 Å². The monoisotopic (exact) mass is 236 g/mol. The third-order valence-electron chi connectivity index (χ3n) is 3.51. The van der Waals surface area contributed by atoms with Crippen LogP contribution in [0.4, 0.5) is 0 Å². The first-order chi connectivity index (χ1) is 7.81. The number of aromatic hydroxyl groups is 1. The minimum atomic E-state index is 0.438. The van der Waals surface area contributed by atoms with Gasteiger partial charge in [-0.05, 0) is 30.9 Å². The number of thioether (sulfide) groups is 1. The highest BCUT2D eigenvalue weighted by Crippen LogP contribution is 2.41. The second-order valence-corrected chi connectivity index (χ2v) is 5.86. The molecule has 1 aliphatic carbocycles. The summed E-state index contributed by atoms with van der Waals surface area (Å²) in [6, 6.07) is 7.71. The van der Waals surface area contributed by atoms with Gasteiger partial charge in [0.15, 0.2) is 0 Å². The SMILES string of the molecule is CCC1CCCCC1Sc1ccccc1O. The smallest absolute Gasteiger partial charge is 0.129 e. The highest BCUT2D eigenvalue weighted by atomic mass is 32.2. The normalized spacial score (nSPS) is 25.6. The third-order valence-corrected chi connectivity index (χ3v) is 5.03. The summed E-state index contributed by atoms with van der Waals surface area (Å²) in [5.41, 5.74) is 0. The van der Waals surface area contributed by atoms with Gasteiger partial charge in [-0.3, -0.25) is 0 Å². The summed E-state index contributed by atoms with van der Waals surface area (Å²) in [5, 5.41) is 10.5. The van der Waals surface area contributed by atoms with Gasteiger partial charge < -0.3 is 5.11 Å². The number of hydrogen-bond donors (Lipinski definition) is 1. The summed E-state index contributed by atoms with van der Waals surface area (Å²) < 4.78 is 0. The van der Waals surface area contributed by atoms with Crippen LogP contribution in [0.2, 0.25) is 0 Å². The fourth-order valence-electron chi connectivity index (χ4n) is 2.52. The van der Waals surface area contributed by atoms with Crippen LogP contribution in [0, 0.1) is 5.92 Å². The lowest BCUT2D eigenvalue weighted by atomic mass is 9.87. The molecule has 16 heavy (non-hydrogen) atoms. The molecule has 0 aliphatic heterocycles. The first-order valence-corrected chi connectivity index (χ1v) is 7.14. The van der Waals surface area contributed by atoms with Crippen LogP contribution in [0.5, 0.6) is 5.75 Å². The molecule has 2 rings (SSSR count). The molecule has 0 amide bonds. The zero-order chi connectivity index (χ0) is 11.4. The van der Waals surface area contributed by atoms with Crippen LogP contribution in [0.15, 0.2) is 29.2 Å². The summed E-state index contributed by atoms with van der Waals surface area (Å²) in [5.74, 6) is 1.27. The van der Waals surface area contributed by atoms with Crippen molar-refractivity contribution in [3.63, 3.8) is 0 Å². The minimum absolute atomic E-state index is 0.438. The predicted octanol–water partition coefficient (Wildman–Crippen LogP) is 4.45. The number of para-hydroxylation sites is 1. The highest BCUT2D eigenvalue weighted by Gasteiger charge is 2.25. The van der Waals surface area contributed by atoms with Gasteiger partial charge in [-0.1, -0.05) is 38.3 Å². The Kier molecular flexibility index (Phi) is 4.16. The summed E-state index contributed by atoms with van der Waals surface area (Å²) in [6.07, 6.45) is 6.67. The molecule has 2 heteroatoms. The molecule has 0 radical (unpaired) electrons. The van der Waals surface area contributed by atoms with Crippen molar-refractivity contribution in [2.24, 2.45) is 5.92 Å². The lowest BCUT2D eigenvalue weighted by molar-refractivity contribution is 0.361. The highest BCUT2D eigenvalue weighted by molar-refractivity contribution is 8.00. The molecule has 2 atom stereocenters. The second-order valence-electron chi connectivity index (χ2n) is 4.58. The zero-order valence-corrected chi connectivity index (χ0v) is 10.7. The van der Waals surface area contributed by atoms with Gasteiger partial charge in [0.25, 0.3) is 0 Å². The summed E-state index contributed by atoms with van der Waals surface area (Å²) in [7, 11) is 0. The van der Waals surface area contributed by atoms with Crippen LogP contribution in [0.25, 0.3) is 0 Å². The van der Waals surface area contributed by atoms with Gasteiger partial charge in [-0.15, -0.1) is 11.8 Å². The Balaban J connectivity index is 2.05. The van der Waals surface area contributed by atoms with Crippen LogP contribution in [0.3, 0.4) is 0 Å². The van der Waals surface area contributed by atoms with E-state index in [0.717, 1.165) is 10.8 Å². The molecule has 1 aromatic rings. The Bertz CT molecular complexity index is 337. The number of phenols is 1. The fourth-order valence-corrected chi connectivity index (χ4v) is 3.99. The van der Waals surface area contributed by atoms with E-state index in [1.807, 2.05) is 30.0 Å². The standard InChI is InChI=1S/C14H20OS/c1-2-11-7-3-5-9-13(11)16-14-10-6-4-8-12(14)15/h4,6,8,10-11,13,15H,2-3,5,7,9H2,1H3. The van der Waals surface area contributed by atoms with E-state index in [4.69, 9.17) is 0 Å². The summed E-state index contributed by atoms with van der Waals surface area (Å²) in [4.78, 5) is 1.05. The van der Waals surface area contributed by atoms with Gasteiger partial charge >= 0.3 is 0 Å². The molecule has 1 nitrogen and oxygen atoms in total. The first kappa shape index (κ1) is 11.8. The Morgan fingerprint density at radius 2 is 2.00 bits per heavy atom. The number of rotatable bonds is 3. The molecule has 1 aromatic carbocycles. The molecule has 0 aromatic heterocycles. The zero-order valence-electron chi connectivity index (χ0n) is 9.86. The van der Waals surface area contributed by atoms with E-state index in [9.17, 15) is 5.11 Å². The number of hydrogen-bond acceptors (Lipinski definition) is 2. The van der Waals surface area contributed by atoms with E-state index >= 15 is 0 Å². The van der Waals surface area contributed by atoms with Crippen molar-refractivity contribution in [1.29, 1.82) is 0 Å². The van der Waals surface area contributed by atoms with Gasteiger partial charge in [-0.25, -0.2) is 0 Å². The maximum absolute atomic E-state index is 9.78. The van der Waals surface area contributed by atoms with Crippen molar-refractivity contribution in [3.8, 4) is 5.75 Å². The average Bonchev–Trinajstić information content (AvgIpc) is 2.33. The Hall–Kier alpha value is -0.630. The van der Waals surface area contributed by atoms with Crippen molar-refractivity contribution in [3.05, 3.63) is 24.3 Å². The van der Waals surface area contributed by atoms with Gasteiger partial charge in [-0.2, -0.15) is 0 Å². The Morgan fingerprint density at radius 1 is 1.25 bits per heavy atom. The van der Waals surface area contributed by atoms with Crippen LogP contribution in [-0.4, -0.2) is 10.4 Å². The molecule has 88 valence electrons. The van der Waals surface area contributed by atoms with Crippen molar-refractivity contribution >= 4 is 11.8 Å². The van der Waals surface area contributed by atoms with Crippen molar-refractivity contribution in [2.45, 2.75) is 49.2 Å². The van der Waals surface area contributed by atoms with Gasteiger partial charge in [0, 0.05) is 10.1 Å². The maximum Gasteiger partial charge on any atom is 0.129 e. The molecule has 2 unspecified atom stereocenters. The molecular formula is C14H20OS. The molecule has 0 spiro atoms. The van der Waals surface area contributed by atoms with Crippen LogP contribution < -0.4 is 0 Å². The molecular weight excluding hydrogens is 216 g/mol. The van der Waals surface area contributed by atoms with E-state index in [-0.39, 0.29) is 0 Å². The molecule has 0 saturated heterocycles. The van der Waals surface area contributed by atoms with Gasteiger partial charge in [0.1, 0.15) is 5.75 Å². The van der Waals surface area contributed by atoms with Crippen molar-refractivity contribution in [1.82, 2.24) is 0 Å². The topological polar surface area (TPSA) is 20.2 Å². The molecule has 1 aliphatic rings. The Labute approximate surface area is 102 Å². The second kappa shape index (κ2) is 5.62. The largest absolute Gasteiger partial charge is 0.507 e. The van der Waals surface area contributed by atoms with Crippen molar-refractivity contribution < 1.29 is 5.11 Å². The fraction of sp³-hybridized carbons (Fsp3) is 0.571. The van der Waals surface area contributed by atoms with E-state index in [1.54, 1.807) is 6.07 Å². The number of benzene rings is 1. The van der Waals surface area contributed by atoms with Crippen LogP contribution in [0.1, 0.15) is 39.0 Å². The quantitative estimate of drug-likeness (QED) is 0.836. The summed E-state index contributed by atoms with van der Waals surface area (Å²) in [6.45, 7) is 2.29. The van der Waals surface area contributed by atoms with E-state index in [0.29, 0.717) is 11.0 Å². The molecule has 1 N–H and O–H groups in total. The van der Waals surface area contributed by atoms with Crippen LogP contribution >= 0.6 is 11.8 Å². The molecule has 0 bridgehead atoms. The van der Waals surface area contributed by atoms with Gasteiger partial charge in [0.05, 0.1) is 0 Å². The van der Waals surface area contributed by atoms with E-state index < -0.39 is 0 Å². The minimum Gasteiger partial charge on any atom is -0.507 e.